The molecule has 27 heavy (non-hydrogen) atoms. The van der Waals surface area contributed by atoms with Crippen LogP contribution in [0.3, 0.4) is 0 Å². The highest BCUT2D eigenvalue weighted by atomic mass is 32.2. The SMILES string of the molecule is O=C(SCc1nc2ccccc2s1)N1c2ccccc2Oc2ccccc21. The van der Waals surface area contributed by atoms with Crippen molar-refractivity contribution in [3.05, 3.63) is 77.8 Å². The largest absolute Gasteiger partial charge is 0.453 e. The van der Waals surface area contributed by atoms with Crippen LogP contribution in [0.1, 0.15) is 5.01 Å². The Hall–Kier alpha value is -2.83. The molecule has 0 saturated heterocycles. The topological polar surface area (TPSA) is 42.4 Å². The standard InChI is InChI=1S/C21H14N2O2S2/c24-21(26-13-20-22-14-7-1-6-12-19(14)27-20)23-15-8-2-4-10-17(15)25-18-11-5-3-9-16(18)23/h1-12H,13H2. The molecule has 0 fully saturated rings. The lowest BCUT2D eigenvalue weighted by molar-refractivity contribution is 0.266. The van der Waals surface area contributed by atoms with Gasteiger partial charge in [0.05, 0.1) is 27.3 Å². The lowest BCUT2D eigenvalue weighted by atomic mass is 10.2. The number of fused-ring (bicyclic) bond motifs is 3. The summed E-state index contributed by atoms with van der Waals surface area (Å²) in [7, 11) is 0. The first kappa shape index (κ1) is 16.4. The van der Waals surface area contributed by atoms with Crippen LogP contribution in [0.4, 0.5) is 16.2 Å². The molecule has 0 unspecified atom stereocenters. The highest BCUT2D eigenvalue weighted by molar-refractivity contribution is 8.13. The van der Waals surface area contributed by atoms with Crippen molar-refractivity contribution < 1.29 is 9.53 Å². The number of thiazole rings is 1. The molecule has 0 aliphatic carbocycles. The third kappa shape index (κ3) is 2.97. The fourth-order valence-electron chi connectivity index (χ4n) is 3.07. The van der Waals surface area contributed by atoms with E-state index in [0.717, 1.165) is 26.6 Å². The van der Waals surface area contributed by atoms with Crippen LogP contribution in [0.5, 0.6) is 11.5 Å². The van der Waals surface area contributed by atoms with Crippen molar-refractivity contribution >= 4 is 49.9 Å². The van der Waals surface area contributed by atoms with Crippen molar-refractivity contribution in [1.29, 1.82) is 0 Å². The molecular weight excluding hydrogens is 376 g/mol. The zero-order valence-electron chi connectivity index (χ0n) is 14.2. The van der Waals surface area contributed by atoms with Gasteiger partial charge in [0.15, 0.2) is 11.5 Å². The van der Waals surface area contributed by atoms with E-state index in [0.29, 0.717) is 17.3 Å². The number of hydrogen-bond acceptors (Lipinski definition) is 5. The molecule has 1 aliphatic rings. The van der Waals surface area contributed by atoms with Gasteiger partial charge in [0, 0.05) is 0 Å². The molecule has 3 aromatic carbocycles. The van der Waals surface area contributed by atoms with Crippen molar-refractivity contribution in [1.82, 2.24) is 4.98 Å². The molecule has 5 rings (SSSR count). The molecule has 0 radical (unpaired) electrons. The summed E-state index contributed by atoms with van der Waals surface area (Å²) in [5.74, 6) is 1.91. The predicted octanol–water partition coefficient (Wildman–Crippen LogP) is 6.59. The number of para-hydroxylation sites is 5. The van der Waals surface area contributed by atoms with E-state index < -0.39 is 0 Å². The number of benzene rings is 3. The van der Waals surface area contributed by atoms with Crippen molar-refractivity contribution in [3.63, 3.8) is 0 Å². The summed E-state index contributed by atoms with van der Waals surface area (Å²) in [6.45, 7) is 0. The normalized spacial score (nSPS) is 12.4. The van der Waals surface area contributed by atoms with E-state index in [1.807, 2.05) is 66.7 Å². The molecule has 1 amide bonds. The maximum atomic E-state index is 13.1. The first-order valence-corrected chi connectivity index (χ1v) is 10.3. The van der Waals surface area contributed by atoms with Crippen molar-refractivity contribution in [3.8, 4) is 11.5 Å². The van der Waals surface area contributed by atoms with Crippen molar-refractivity contribution in [2.45, 2.75) is 5.75 Å². The Kier molecular flexibility index (Phi) is 4.07. The average Bonchev–Trinajstić information content (AvgIpc) is 3.13. The second-order valence-corrected chi connectivity index (χ2v) is 8.04. The van der Waals surface area contributed by atoms with Crippen LogP contribution < -0.4 is 9.64 Å². The third-order valence-corrected chi connectivity index (χ3v) is 6.34. The van der Waals surface area contributed by atoms with Crippen molar-refractivity contribution in [2.75, 3.05) is 4.90 Å². The number of nitrogens with zero attached hydrogens (tertiary/aromatic N) is 2. The molecular formula is C21H14N2O2S2. The number of ether oxygens (including phenoxy) is 1. The summed E-state index contributed by atoms with van der Waals surface area (Å²) in [5.41, 5.74) is 2.50. The molecule has 0 atom stereocenters. The Bertz CT molecular complexity index is 1080. The zero-order chi connectivity index (χ0) is 18.2. The number of aromatic nitrogens is 1. The summed E-state index contributed by atoms with van der Waals surface area (Å²) < 4.78 is 7.09. The van der Waals surface area contributed by atoms with Gasteiger partial charge in [-0.2, -0.15) is 0 Å². The summed E-state index contributed by atoms with van der Waals surface area (Å²) >= 11 is 2.89. The van der Waals surface area contributed by atoms with Gasteiger partial charge in [0.2, 0.25) is 0 Å². The molecule has 0 N–H and O–H groups in total. The number of carbonyl (C=O) groups is 1. The molecule has 2 heterocycles. The fraction of sp³-hybridized carbons (Fsp3) is 0.0476. The first-order chi connectivity index (χ1) is 13.3. The van der Waals surface area contributed by atoms with Crippen LogP contribution >= 0.6 is 23.1 Å². The second kappa shape index (κ2) is 6.72. The van der Waals surface area contributed by atoms with Gasteiger partial charge < -0.3 is 4.74 Å². The van der Waals surface area contributed by atoms with E-state index in [1.165, 1.54) is 11.8 Å². The van der Waals surface area contributed by atoms with Crippen LogP contribution in [-0.4, -0.2) is 10.2 Å². The van der Waals surface area contributed by atoms with Gasteiger partial charge in [-0.15, -0.1) is 11.3 Å². The molecule has 1 aliphatic heterocycles. The molecule has 4 nitrogen and oxygen atoms in total. The Morgan fingerprint density at radius 2 is 1.56 bits per heavy atom. The Morgan fingerprint density at radius 1 is 0.926 bits per heavy atom. The maximum Gasteiger partial charge on any atom is 0.291 e. The summed E-state index contributed by atoms with van der Waals surface area (Å²) in [4.78, 5) is 19.5. The average molecular weight is 390 g/mol. The maximum absolute atomic E-state index is 13.1. The monoisotopic (exact) mass is 390 g/mol. The van der Waals surface area contributed by atoms with E-state index in [1.54, 1.807) is 16.2 Å². The highest BCUT2D eigenvalue weighted by Crippen LogP contribution is 2.47. The fourth-order valence-corrected chi connectivity index (χ4v) is 4.88. The number of carbonyl (C=O) groups excluding carboxylic acids is 1. The number of hydrogen-bond donors (Lipinski definition) is 0. The summed E-state index contributed by atoms with van der Waals surface area (Å²) in [6.07, 6.45) is 0. The minimum atomic E-state index is -0.0440. The molecule has 132 valence electrons. The highest BCUT2D eigenvalue weighted by Gasteiger charge is 2.29. The van der Waals surface area contributed by atoms with Gasteiger partial charge in [-0.25, -0.2) is 4.98 Å². The quantitative estimate of drug-likeness (QED) is 0.387. The first-order valence-electron chi connectivity index (χ1n) is 8.47. The molecule has 1 aromatic heterocycles. The molecule has 4 aromatic rings. The van der Waals surface area contributed by atoms with Gasteiger partial charge >= 0.3 is 0 Å². The van der Waals surface area contributed by atoms with E-state index in [2.05, 4.69) is 11.1 Å². The molecule has 0 bridgehead atoms. The minimum Gasteiger partial charge on any atom is -0.453 e. The van der Waals surface area contributed by atoms with Gasteiger partial charge in [-0.1, -0.05) is 48.2 Å². The van der Waals surface area contributed by atoms with E-state index in [9.17, 15) is 4.79 Å². The van der Waals surface area contributed by atoms with Gasteiger partial charge in [-0.3, -0.25) is 9.69 Å². The molecule has 0 spiro atoms. The van der Waals surface area contributed by atoms with Crippen LogP contribution in [0.2, 0.25) is 0 Å². The third-order valence-electron chi connectivity index (χ3n) is 4.27. The molecule has 6 heteroatoms. The lowest BCUT2D eigenvalue weighted by Gasteiger charge is -2.30. The Labute approximate surface area is 164 Å². The van der Waals surface area contributed by atoms with Crippen molar-refractivity contribution in [2.24, 2.45) is 0 Å². The number of anilines is 2. The van der Waals surface area contributed by atoms with Crippen LogP contribution in [0.15, 0.2) is 72.8 Å². The second-order valence-electron chi connectivity index (χ2n) is 6.00. The Balaban J connectivity index is 1.44. The Morgan fingerprint density at radius 3 is 2.26 bits per heavy atom. The number of thioether (sulfide) groups is 1. The summed E-state index contributed by atoms with van der Waals surface area (Å²) in [5, 5.41) is 0.904. The van der Waals surface area contributed by atoms with E-state index in [4.69, 9.17) is 4.74 Å². The van der Waals surface area contributed by atoms with E-state index in [-0.39, 0.29) is 5.24 Å². The summed E-state index contributed by atoms with van der Waals surface area (Å²) in [6, 6.07) is 23.2. The molecule has 0 saturated carbocycles. The van der Waals surface area contributed by atoms with Gasteiger partial charge in [0.1, 0.15) is 5.01 Å². The predicted molar refractivity (Wildman–Crippen MR) is 111 cm³/mol. The van der Waals surface area contributed by atoms with E-state index >= 15 is 0 Å². The number of rotatable bonds is 2. The smallest absolute Gasteiger partial charge is 0.291 e. The van der Waals surface area contributed by atoms with Crippen LogP contribution in [-0.2, 0) is 5.75 Å². The van der Waals surface area contributed by atoms with Gasteiger partial charge in [0.25, 0.3) is 5.24 Å². The van der Waals surface area contributed by atoms with Crippen LogP contribution in [0, 0.1) is 0 Å². The number of amides is 1. The van der Waals surface area contributed by atoms with Gasteiger partial charge in [-0.05, 0) is 36.4 Å². The zero-order valence-corrected chi connectivity index (χ0v) is 15.8. The minimum absolute atomic E-state index is 0.0440. The van der Waals surface area contributed by atoms with Crippen LogP contribution in [0.25, 0.3) is 10.2 Å². The lowest BCUT2D eigenvalue weighted by Crippen LogP contribution is -2.25.